The van der Waals surface area contributed by atoms with Crippen molar-refractivity contribution in [3.63, 3.8) is 0 Å². The van der Waals surface area contributed by atoms with Crippen molar-refractivity contribution in [3.8, 4) is 23.0 Å². The molecule has 10 nitrogen and oxygen atoms in total. The van der Waals surface area contributed by atoms with Crippen LogP contribution in [0.3, 0.4) is 0 Å². The van der Waals surface area contributed by atoms with Gasteiger partial charge in [-0.25, -0.2) is 0 Å². The van der Waals surface area contributed by atoms with Crippen LogP contribution in [0, 0.1) is 5.92 Å². The van der Waals surface area contributed by atoms with E-state index in [2.05, 4.69) is 10.5 Å². The fraction of sp³-hybridized carbons (Fsp3) is 0.393. The van der Waals surface area contributed by atoms with Crippen LogP contribution in [0.15, 0.2) is 47.0 Å². The van der Waals surface area contributed by atoms with Crippen LogP contribution in [0.25, 0.3) is 0 Å². The van der Waals surface area contributed by atoms with Gasteiger partial charge in [0.2, 0.25) is 5.75 Å². The minimum Gasteiger partial charge on any atom is -0.497 e. The predicted octanol–water partition coefficient (Wildman–Crippen LogP) is 3.98. The summed E-state index contributed by atoms with van der Waals surface area (Å²) >= 11 is 0. The molecule has 38 heavy (non-hydrogen) atoms. The fourth-order valence-corrected chi connectivity index (χ4v) is 3.93. The van der Waals surface area contributed by atoms with Gasteiger partial charge in [0.25, 0.3) is 11.8 Å². The molecule has 1 heterocycles. The molecule has 0 radical (unpaired) electrons. The minimum absolute atomic E-state index is 0.139. The highest BCUT2D eigenvalue weighted by atomic mass is 16.5. The van der Waals surface area contributed by atoms with Crippen LogP contribution in [-0.4, -0.2) is 63.4 Å². The molecule has 1 N–H and O–H groups in total. The van der Waals surface area contributed by atoms with Crippen molar-refractivity contribution < 1.29 is 33.1 Å². The van der Waals surface area contributed by atoms with E-state index < -0.39 is 0 Å². The summed E-state index contributed by atoms with van der Waals surface area (Å²) in [4.78, 5) is 27.7. The van der Waals surface area contributed by atoms with E-state index in [9.17, 15) is 9.59 Å². The SMILES string of the molecule is COc1ccc(CCNC(=O)c2cc(CN(CC(C)C)C(=O)c3cc(OC)c(OC)c(OC)c3)on2)cc1. The highest BCUT2D eigenvalue weighted by Crippen LogP contribution is 2.38. The molecule has 3 aromatic rings. The topological polar surface area (TPSA) is 112 Å². The largest absolute Gasteiger partial charge is 0.497 e. The van der Waals surface area contributed by atoms with Crippen molar-refractivity contribution in [1.29, 1.82) is 0 Å². The van der Waals surface area contributed by atoms with Crippen LogP contribution in [0.1, 0.15) is 46.0 Å². The maximum atomic E-state index is 13.5. The van der Waals surface area contributed by atoms with Gasteiger partial charge in [0.15, 0.2) is 23.0 Å². The van der Waals surface area contributed by atoms with Gasteiger partial charge in [0, 0.05) is 24.7 Å². The molecule has 0 aliphatic heterocycles. The molecule has 0 aliphatic carbocycles. The summed E-state index contributed by atoms with van der Waals surface area (Å²) in [6, 6.07) is 12.4. The summed E-state index contributed by atoms with van der Waals surface area (Å²) in [5.41, 5.74) is 1.59. The molecule has 0 atom stereocenters. The first-order valence-electron chi connectivity index (χ1n) is 12.3. The molecular formula is C28H35N3O7. The van der Waals surface area contributed by atoms with Crippen molar-refractivity contribution in [2.45, 2.75) is 26.8 Å². The number of carbonyl (C=O) groups excluding carboxylic acids is 2. The van der Waals surface area contributed by atoms with Crippen molar-refractivity contribution >= 4 is 11.8 Å². The van der Waals surface area contributed by atoms with Crippen LogP contribution in [0.2, 0.25) is 0 Å². The Kier molecular flexibility index (Phi) is 9.98. The standard InChI is InChI=1S/C28H35N3O7/c1-18(2)16-31(28(33)20-13-24(35-4)26(37-6)25(14-20)36-5)17-22-15-23(30-38-22)27(32)29-12-11-19-7-9-21(34-3)10-8-19/h7-10,13-15,18H,11-12,16-17H2,1-6H3,(H,29,32). The van der Waals surface area contributed by atoms with Gasteiger partial charge in [-0.15, -0.1) is 0 Å². The third-order valence-electron chi connectivity index (χ3n) is 5.78. The van der Waals surface area contributed by atoms with E-state index in [1.165, 1.54) is 21.3 Å². The molecule has 0 aliphatic rings. The van der Waals surface area contributed by atoms with E-state index in [0.29, 0.717) is 48.1 Å². The highest BCUT2D eigenvalue weighted by molar-refractivity contribution is 5.96. The quantitative estimate of drug-likeness (QED) is 0.357. The van der Waals surface area contributed by atoms with Crippen molar-refractivity contribution in [3.05, 3.63) is 65.0 Å². The molecular weight excluding hydrogens is 490 g/mol. The summed E-state index contributed by atoms with van der Waals surface area (Å²) < 4.78 is 26.7. The van der Waals surface area contributed by atoms with Gasteiger partial charge in [-0.3, -0.25) is 9.59 Å². The third kappa shape index (κ3) is 7.18. The molecule has 204 valence electrons. The molecule has 0 saturated heterocycles. The number of ether oxygens (including phenoxy) is 4. The summed E-state index contributed by atoms with van der Waals surface area (Å²) in [6.45, 7) is 5.06. The minimum atomic E-state index is -0.347. The second kappa shape index (κ2) is 13.4. The molecule has 0 bridgehead atoms. The van der Waals surface area contributed by atoms with Crippen LogP contribution in [0.4, 0.5) is 0 Å². The highest BCUT2D eigenvalue weighted by Gasteiger charge is 2.24. The number of hydrogen-bond acceptors (Lipinski definition) is 8. The first kappa shape index (κ1) is 28.4. The molecule has 0 fully saturated rings. The second-order valence-electron chi connectivity index (χ2n) is 9.03. The van der Waals surface area contributed by atoms with Crippen LogP contribution < -0.4 is 24.3 Å². The normalized spacial score (nSPS) is 10.7. The maximum absolute atomic E-state index is 13.5. The first-order chi connectivity index (χ1) is 18.3. The van der Waals surface area contributed by atoms with Gasteiger partial charge in [0.05, 0.1) is 35.0 Å². The number of hydrogen-bond donors (Lipinski definition) is 1. The Morgan fingerprint density at radius 2 is 1.61 bits per heavy atom. The lowest BCUT2D eigenvalue weighted by Crippen LogP contribution is -2.33. The van der Waals surface area contributed by atoms with Gasteiger partial charge < -0.3 is 33.7 Å². The molecule has 0 unspecified atom stereocenters. The Hall–Kier alpha value is -4.21. The third-order valence-corrected chi connectivity index (χ3v) is 5.78. The Balaban J connectivity index is 1.68. The lowest BCUT2D eigenvalue weighted by atomic mass is 10.1. The van der Waals surface area contributed by atoms with E-state index in [1.807, 2.05) is 38.1 Å². The van der Waals surface area contributed by atoms with Crippen LogP contribution in [0.5, 0.6) is 23.0 Å². The van der Waals surface area contributed by atoms with Gasteiger partial charge in [-0.2, -0.15) is 0 Å². The van der Waals surface area contributed by atoms with Gasteiger partial charge in [0.1, 0.15) is 5.75 Å². The summed E-state index contributed by atoms with van der Waals surface area (Å²) in [5, 5.41) is 6.75. The lowest BCUT2D eigenvalue weighted by Gasteiger charge is -2.24. The average Bonchev–Trinajstić information content (AvgIpc) is 3.40. The molecule has 10 heteroatoms. The molecule has 2 amide bonds. The number of rotatable bonds is 13. The Bertz CT molecular complexity index is 1200. The number of amides is 2. The van der Waals surface area contributed by atoms with Crippen molar-refractivity contribution in [1.82, 2.24) is 15.4 Å². The Morgan fingerprint density at radius 1 is 0.947 bits per heavy atom. The number of methoxy groups -OCH3 is 4. The smallest absolute Gasteiger partial charge is 0.273 e. The maximum Gasteiger partial charge on any atom is 0.273 e. The second-order valence-corrected chi connectivity index (χ2v) is 9.03. The van der Waals surface area contributed by atoms with E-state index in [4.69, 9.17) is 23.5 Å². The number of carbonyl (C=O) groups is 2. The van der Waals surface area contributed by atoms with E-state index >= 15 is 0 Å². The zero-order chi connectivity index (χ0) is 27.7. The molecule has 1 aromatic heterocycles. The van der Waals surface area contributed by atoms with Gasteiger partial charge >= 0.3 is 0 Å². The van der Waals surface area contributed by atoms with Gasteiger partial charge in [-0.05, 0) is 42.2 Å². The van der Waals surface area contributed by atoms with Crippen LogP contribution in [-0.2, 0) is 13.0 Å². The summed E-state index contributed by atoms with van der Waals surface area (Å²) in [7, 11) is 6.11. The monoisotopic (exact) mass is 525 g/mol. The number of nitrogens with zero attached hydrogens (tertiary/aromatic N) is 2. The Labute approximate surface area is 222 Å². The Morgan fingerprint density at radius 3 is 2.16 bits per heavy atom. The lowest BCUT2D eigenvalue weighted by molar-refractivity contribution is 0.0704. The van der Waals surface area contributed by atoms with Gasteiger partial charge in [-0.1, -0.05) is 31.1 Å². The van der Waals surface area contributed by atoms with Crippen LogP contribution >= 0.6 is 0 Å². The first-order valence-corrected chi connectivity index (χ1v) is 12.3. The van der Waals surface area contributed by atoms with Crippen molar-refractivity contribution in [2.75, 3.05) is 41.5 Å². The zero-order valence-corrected chi connectivity index (χ0v) is 22.7. The number of aromatic nitrogens is 1. The molecule has 0 spiro atoms. The molecule has 2 aromatic carbocycles. The van der Waals surface area contributed by atoms with E-state index in [1.54, 1.807) is 30.2 Å². The fourth-order valence-electron chi connectivity index (χ4n) is 3.93. The van der Waals surface area contributed by atoms with Crippen molar-refractivity contribution in [2.24, 2.45) is 5.92 Å². The zero-order valence-electron chi connectivity index (χ0n) is 22.7. The molecule has 3 rings (SSSR count). The van der Waals surface area contributed by atoms with E-state index in [-0.39, 0.29) is 30.0 Å². The molecule has 0 saturated carbocycles. The number of nitrogens with one attached hydrogen (secondary N) is 1. The summed E-state index contributed by atoms with van der Waals surface area (Å²) in [5.74, 6) is 1.93. The number of benzene rings is 2. The summed E-state index contributed by atoms with van der Waals surface area (Å²) in [6.07, 6.45) is 0.659. The average molecular weight is 526 g/mol. The predicted molar refractivity (Wildman–Crippen MR) is 141 cm³/mol. The van der Waals surface area contributed by atoms with E-state index in [0.717, 1.165) is 11.3 Å².